The number of fused-ring (bicyclic) bond motifs is 2. The van der Waals surface area contributed by atoms with Gasteiger partial charge in [0.15, 0.2) is 19.7 Å². The zero-order valence-electron chi connectivity index (χ0n) is 43.6. The zero-order valence-corrected chi connectivity index (χ0v) is 45.2. The van der Waals surface area contributed by atoms with Crippen LogP contribution in [0.25, 0.3) is 77.8 Å². The summed E-state index contributed by atoms with van der Waals surface area (Å²) in [6.45, 7) is 4.09. The highest BCUT2D eigenvalue weighted by Gasteiger charge is 2.22. The number of sulfone groups is 2. The molecule has 2 saturated heterocycles. The van der Waals surface area contributed by atoms with E-state index in [-0.39, 0.29) is 22.6 Å². The molecule has 0 bridgehead atoms. The largest absolute Gasteiger partial charge is 0.317 e. The fraction of sp³-hybridized carbons (Fsp3) is 0.254. The van der Waals surface area contributed by atoms with Crippen molar-refractivity contribution in [1.29, 1.82) is 0 Å². The van der Waals surface area contributed by atoms with Crippen LogP contribution in [0.2, 0.25) is 0 Å². The number of rotatable bonds is 12. The summed E-state index contributed by atoms with van der Waals surface area (Å²) in [6.07, 6.45) is 21.7. The van der Waals surface area contributed by atoms with Gasteiger partial charge >= 0.3 is 0 Å². The summed E-state index contributed by atoms with van der Waals surface area (Å²) in [6, 6.07) is 25.8. The summed E-state index contributed by atoms with van der Waals surface area (Å²) < 4.78 is 113. The highest BCUT2D eigenvalue weighted by molar-refractivity contribution is 7.90. The molecule has 0 saturated carbocycles. The van der Waals surface area contributed by atoms with Gasteiger partial charge in [-0.1, -0.05) is 12.1 Å². The lowest BCUT2D eigenvalue weighted by molar-refractivity contribution is 0.212. The Morgan fingerprint density at radius 3 is 1.30 bits per heavy atom. The molecule has 12 rings (SSSR count). The van der Waals surface area contributed by atoms with Crippen LogP contribution in [0, 0.1) is 23.3 Å². The Morgan fingerprint density at radius 2 is 0.886 bits per heavy atom. The van der Waals surface area contributed by atoms with Crippen LogP contribution < -0.4 is 5.32 Å². The number of nitrogens with zero attached hydrogens (tertiary/aromatic N) is 9. The Balaban J connectivity index is 0.000000167. The van der Waals surface area contributed by atoms with Crippen LogP contribution in [-0.2, 0) is 31.2 Å². The molecule has 0 radical (unpaired) electrons. The Bertz CT molecular complexity index is 4140. The molecule has 0 unspecified atom stereocenters. The number of nitrogens with one attached hydrogen (secondary N) is 1. The van der Waals surface area contributed by atoms with Gasteiger partial charge in [-0.05, 0) is 165 Å². The van der Waals surface area contributed by atoms with E-state index in [2.05, 4.69) is 54.7 Å². The molecule has 0 aliphatic carbocycles. The molecule has 2 fully saturated rings. The summed E-state index contributed by atoms with van der Waals surface area (Å²) in [7, 11) is -4.56. The van der Waals surface area contributed by atoms with Crippen molar-refractivity contribution in [2.24, 2.45) is 0 Å². The number of likely N-dealkylation sites (tertiary alicyclic amines) is 1. The van der Waals surface area contributed by atoms with Crippen molar-refractivity contribution in [1.82, 2.24) is 49.0 Å². The van der Waals surface area contributed by atoms with Crippen molar-refractivity contribution in [3.05, 3.63) is 181 Å². The Kier molecular flexibility index (Phi) is 14.7. The molecule has 14 nitrogen and oxygen atoms in total. The van der Waals surface area contributed by atoms with Crippen LogP contribution in [-0.4, -0.2) is 106 Å². The maximum atomic E-state index is 14.7. The molecule has 10 aromatic rings. The van der Waals surface area contributed by atoms with Gasteiger partial charge in [0.1, 0.15) is 23.3 Å². The topological polar surface area (TPSA) is 154 Å². The van der Waals surface area contributed by atoms with Gasteiger partial charge in [0.05, 0.1) is 59.4 Å². The average Bonchev–Trinajstić information content (AvgIpc) is 4.31. The van der Waals surface area contributed by atoms with E-state index in [0.717, 1.165) is 121 Å². The molecule has 406 valence electrons. The molecule has 6 aromatic heterocycles. The predicted octanol–water partition coefficient (Wildman–Crippen LogP) is 10.9. The Hall–Kier alpha value is -7.78. The minimum Gasteiger partial charge on any atom is -0.317 e. The number of benzene rings is 4. The second kappa shape index (κ2) is 21.8. The third kappa shape index (κ3) is 12.1. The third-order valence-electron chi connectivity index (χ3n) is 14.6. The van der Waals surface area contributed by atoms with Crippen LogP contribution in [0.15, 0.2) is 147 Å². The molecule has 0 atom stereocenters. The monoisotopic (exact) mass is 1110 g/mol. The van der Waals surface area contributed by atoms with Crippen LogP contribution in [0.4, 0.5) is 17.6 Å². The van der Waals surface area contributed by atoms with E-state index >= 15 is 0 Å². The van der Waals surface area contributed by atoms with Crippen molar-refractivity contribution in [3.63, 3.8) is 0 Å². The first-order valence-electron chi connectivity index (χ1n) is 25.8. The van der Waals surface area contributed by atoms with Gasteiger partial charge in [0.2, 0.25) is 0 Å². The van der Waals surface area contributed by atoms with E-state index in [4.69, 9.17) is 0 Å². The summed E-state index contributed by atoms with van der Waals surface area (Å²) in [4.78, 5) is 2.33. The van der Waals surface area contributed by atoms with Gasteiger partial charge in [-0.25, -0.2) is 43.4 Å². The maximum absolute atomic E-state index is 14.7. The molecule has 1 N–H and O–H groups in total. The van der Waals surface area contributed by atoms with Crippen molar-refractivity contribution < 1.29 is 34.4 Å². The number of hydrogen-bond acceptors (Lipinski definition) is 10. The lowest BCUT2D eigenvalue weighted by Gasteiger charge is -2.28. The second-order valence-electron chi connectivity index (χ2n) is 20.8. The van der Waals surface area contributed by atoms with Gasteiger partial charge in [0, 0.05) is 93.9 Å². The fourth-order valence-electron chi connectivity index (χ4n) is 10.7. The minimum atomic E-state index is -3.35. The van der Waals surface area contributed by atoms with E-state index in [1.54, 1.807) is 57.8 Å². The minimum absolute atomic E-state index is 0.192. The first-order chi connectivity index (χ1) is 37.9. The molecular formula is C59H56F4N10O4S2. The first kappa shape index (κ1) is 53.2. The van der Waals surface area contributed by atoms with Gasteiger partial charge in [-0.15, -0.1) is 0 Å². The van der Waals surface area contributed by atoms with E-state index in [9.17, 15) is 34.4 Å². The number of hydrogen-bond donors (Lipinski definition) is 1. The molecule has 0 spiro atoms. The van der Waals surface area contributed by atoms with E-state index in [1.165, 1.54) is 24.3 Å². The van der Waals surface area contributed by atoms with E-state index < -0.39 is 42.9 Å². The average molecular weight is 1110 g/mol. The normalized spacial score (nSPS) is 15.0. The molecule has 20 heteroatoms. The second-order valence-corrected chi connectivity index (χ2v) is 25.1. The van der Waals surface area contributed by atoms with Crippen molar-refractivity contribution in [3.8, 4) is 66.8 Å². The van der Waals surface area contributed by atoms with Gasteiger partial charge in [-0.2, -0.15) is 20.4 Å². The van der Waals surface area contributed by atoms with E-state index in [0.29, 0.717) is 45.5 Å². The zero-order chi connectivity index (χ0) is 55.2. The predicted molar refractivity (Wildman–Crippen MR) is 298 cm³/mol. The Morgan fingerprint density at radius 1 is 0.468 bits per heavy atom. The molecular weight excluding hydrogens is 1050 g/mol. The SMILES string of the molecule is CN1CCC(n2cc(-c3ccc4c(-c5cc(CS(C)(=O)=O)cc(-c6ccc(F)cc6F)c5)cnn4c3)cn2)CC1.CS(=O)(=O)Cc1cc(-c2ccc(F)cc2F)cc(-c2cnn3cc(-c4cnn(C5CCNCC5)c4)ccc23)c1. The van der Waals surface area contributed by atoms with Gasteiger partial charge in [0.25, 0.3) is 0 Å². The quantitative estimate of drug-likeness (QED) is 0.117. The third-order valence-corrected chi connectivity index (χ3v) is 16.3. The van der Waals surface area contributed by atoms with Crippen LogP contribution >= 0.6 is 0 Å². The summed E-state index contributed by atoms with van der Waals surface area (Å²) in [5.41, 5.74) is 10.8. The lowest BCUT2D eigenvalue weighted by atomic mass is 9.96. The van der Waals surface area contributed by atoms with Crippen molar-refractivity contribution in [2.75, 3.05) is 45.7 Å². The smallest absolute Gasteiger partial charge is 0.151 e. The maximum Gasteiger partial charge on any atom is 0.151 e. The fourth-order valence-corrected chi connectivity index (χ4v) is 12.2. The molecule has 8 heterocycles. The standard InChI is InChI=1S/C30H29F2N5O2S.C29H27F2N5O2S/c1-35-9-7-26(8-10-35)36-18-24(15-33-36)21-3-6-30-28(16-34-37(30)17-21)23-12-20(19-40(2,38)39)11-22(13-23)27-5-4-25(31)14-29(27)32;1-39(37,38)18-19-10-21(26-4-3-24(30)13-28(26)31)12-22(11-19)27-15-34-36-16-20(2-5-29(27)36)23-14-33-35(17-23)25-6-8-32-9-7-25/h3-6,11-18,26H,7-10,19H2,1-2H3;2-5,10-17,25,32H,6-9,18H2,1H3. The van der Waals surface area contributed by atoms with Crippen LogP contribution in [0.5, 0.6) is 0 Å². The van der Waals surface area contributed by atoms with Gasteiger partial charge in [-0.3, -0.25) is 9.36 Å². The van der Waals surface area contributed by atoms with Gasteiger partial charge < -0.3 is 10.2 Å². The summed E-state index contributed by atoms with van der Waals surface area (Å²) >= 11 is 0. The molecule has 79 heavy (non-hydrogen) atoms. The number of piperidine rings is 2. The van der Waals surface area contributed by atoms with Crippen LogP contribution in [0.3, 0.4) is 0 Å². The molecule has 2 aliphatic heterocycles. The molecule has 0 amide bonds. The van der Waals surface area contributed by atoms with Crippen molar-refractivity contribution >= 4 is 30.7 Å². The number of halogens is 4. The van der Waals surface area contributed by atoms with Crippen LogP contribution in [0.1, 0.15) is 48.9 Å². The number of aromatic nitrogens is 8. The first-order valence-corrected chi connectivity index (χ1v) is 30.0. The van der Waals surface area contributed by atoms with E-state index in [1.807, 2.05) is 53.7 Å². The highest BCUT2D eigenvalue weighted by Crippen LogP contribution is 2.36. The van der Waals surface area contributed by atoms with Crippen molar-refractivity contribution in [2.45, 2.75) is 49.3 Å². The summed E-state index contributed by atoms with van der Waals surface area (Å²) in [5, 5.41) is 21.7. The number of pyridine rings is 2. The molecule has 2 aliphatic rings. The highest BCUT2D eigenvalue weighted by atomic mass is 32.2. The lowest BCUT2D eigenvalue weighted by Crippen LogP contribution is -2.31. The Labute approximate surface area is 454 Å². The molecule has 4 aromatic carbocycles. The summed E-state index contributed by atoms with van der Waals surface area (Å²) in [5.74, 6) is -3.20.